The van der Waals surface area contributed by atoms with Crippen LogP contribution in [0.3, 0.4) is 0 Å². The lowest BCUT2D eigenvalue weighted by Gasteiger charge is -2.38. The molecular weight excluding hydrogens is 385 g/mol. The van der Waals surface area contributed by atoms with E-state index < -0.39 is 0 Å². The highest BCUT2D eigenvalue weighted by Gasteiger charge is 2.38. The number of carbonyl (C=O) groups is 1. The summed E-state index contributed by atoms with van der Waals surface area (Å²) in [6.45, 7) is 4.02. The number of thiazole rings is 1. The number of hydrogen-bond donors (Lipinski definition) is 1. The van der Waals surface area contributed by atoms with Crippen molar-refractivity contribution >= 4 is 53.4 Å². The number of nitrogens with one attached hydrogen (secondary N) is 1. The molecule has 0 unspecified atom stereocenters. The van der Waals surface area contributed by atoms with Crippen LogP contribution in [0.2, 0.25) is 0 Å². The van der Waals surface area contributed by atoms with E-state index in [2.05, 4.69) is 21.7 Å². The SMILES string of the molecule is Cl.Cl.O=C(c1cnc(-c2ccsc2)s1)N1CCC2(CCNC2)CC1. The van der Waals surface area contributed by atoms with Crippen molar-refractivity contribution in [1.29, 1.82) is 0 Å². The molecule has 0 aliphatic carbocycles. The van der Waals surface area contributed by atoms with Gasteiger partial charge in [0.25, 0.3) is 5.91 Å². The fraction of sp³-hybridized carbons (Fsp3) is 0.500. The Labute approximate surface area is 162 Å². The van der Waals surface area contributed by atoms with Crippen molar-refractivity contribution in [3.63, 3.8) is 0 Å². The molecule has 4 rings (SSSR count). The number of thiophene rings is 1. The molecule has 1 amide bonds. The maximum absolute atomic E-state index is 12.7. The minimum atomic E-state index is 0. The highest BCUT2D eigenvalue weighted by atomic mass is 35.5. The lowest BCUT2D eigenvalue weighted by molar-refractivity contribution is 0.0612. The molecule has 2 fully saturated rings. The van der Waals surface area contributed by atoms with Crippen LogP contribution in [-0.4, -0.2) is 42.0 Å². The van der Waals surface area contributed by atoms with Gasteiger partial charge in [-0.1, -0.05) is 0 Å². The molecule has 8 heteroatoms. The highest BCUT2D eigenvalue weighted by Crippen LogP contribution is 2.37. The van der Waals surface area contributed by atoms with Gasteiger partial charge in [-0.25, -0.2) is 4.98 Å². The van der Waals surface area contributed by atoms with Gasteiger partial charge in [0.1, 0.15) is 9.88 Å². The number of nitrogens with zero attached hydrogens (tertiary/aromatic N) is 2. The van der Waals surface area contributed by atoms with E-state index in [-0.39, 0.29) is 30.7 Å². The molecule has 2 aromatic heterocycles. The maximum Gasteiger partial charge on any atom is 0.265 e. The number of hydrogen-bond acceptors (Lipinski definition) is 5. The number of carbonyl (C=O) groups excluding carboxylic acids is 1. The fourth-order valence-corrected chi connectivity index (χ4v) is 5.05. The third kappa shape index (κ3) is 3.78. The zero-order valence-electron chi connectivity index (χ0n) is 13.2. The number of halogens is 2. The standard InChI is InChI=1S/C16H19N3OS2.2ClH/c20-15(13-9-18-14(22-13)12-1-8-21-10-12)19-6-3-16(4-7-19)2-5-17-11-16;;/h1,8-10,17H,2-7,11H2;2*1H. The first kappa shape index (κ1) is 19.7. The highest BCUT2D eigenvalue weighted by molar-refractivity contribution is 7.17. The fourth-order valence-electron chi connectivity index (χ4n) is 3.45. The van der Waals surface area contributed by atoms with E-state index in [0.717, 1.165) is 54.5 Å². The second kappa shape index (κ2) is 8.15. The van der Waals surface area contributed by atoms with Crippen LogP contribution in [0.5, 0.6) is 0 Å². The smallest absolute Gasteiger partial charge is 0.265 e. The van der Waals surface area contributed by atoms with Crippen LogP contribution in [-0.2, 0) is 0 Å². The summed E-state index contributed by atoms with van der Waals surface area (Å²) >= 11 is 3.16. The van der Waals surface area contributed by atoms with Crippen LogP contribution in [0.1, 0.15) is 28.9 Å². The normalized spacial score (nSPS) is 18.9. The molecule has 0 aromatic carbocycles. The third-order valence-electron chi connectivity index (χ3n) is 4.93. The number of aromatic nitrogens is 1. The van der Waals surface area contributed by atoms with Gasteiger partial charge in [-0.3, -0.25) is 4.79 Å². The Balaban J connectivity index is 0.00000104. The molecular formula is C16H21Cl2N3OS2. The summed E-state index contributed by atoms with van der Waals surface area (Å²) in [7, 11) is 0. The topological polar surface area (TPSA) is 45.2 Å². The summed E-state index contributed by atoms with van der Waals surface area (Å²) in [5.74, 6) is 0.153. The number of amides is 1. The molecule has 0 atom stereocenters. The first-order chi connectivity index (χ1) is 10.8. The van der Waals surface area contributed by atoms with E-state index in [1.165, 1.54) is 17.8 Å². The average Bonchev–Trinajstić information content (AvgIpc) is 3.29. The van der Waals surface area contributed by atoms with Crippen molar-refractivity contribution in [3.8, 4) is 10.6 Å². The molecule has 1 spiro atoms. The van der Waals surface area contributed by atoms with Crippen molar-refractivity contribution in [2.45, 2.75) is 19.3 Å². The van der Waals surface area contributed by atoms with Gasteiger partial charge in [-0.2, -0.15) is 11.3 Å². The molecule has 1 N–H and O–H groups in total. The van der Waals surface area contributed by atoms with Gasteiger partial charge in [0, 0.05) is 30.6 Å². The minimum absolute atomic E-state index is 0. The van der Waals surface area contributed by atoms with Crippen LogP contribution in [0, 0.1) is 5.41 Å². The summed E-state index contributed by atoms with van der Waals surface area (Å²) < 4.78 is 0. The number of rotatable bonds is 2. The molecule has 24 heavy (non-hydrogen) atoms. The van der Waals surface area contributed by atoms with E-state index in [9.17, 15) is 4.79 Å². The second-order valence-corrected chi connectivity index (χ2v) is 8.07. The summed E-state index contributed by atoms with van der Waals surface area (Å²) in [6.07, 6.45) is 5.25. The van der Waals surface area contributed by atoms with E-state index in [1.54, 1.807) is 17.5 Å². The first-order valence-corrected chi connectivity index (χ1v) is 9.50. The predicted octanol–water partition coefficient (Wildman–Crippen LogP) is 3.93. The van der Waals surface area contributed by atoms with Crippen LogP contribution in [0.4, 0.5) is 0 Å². The number of piperidine rings is 1. The second-order valence-electron chi connectivity index (χ2n) is 6.26. The van der Waals surface area contributed by atoms with Crippen molar-refractivity contribution in [2.75, 3.05) is 26.2 Å². The van der Waals surface area contributed by atoms with E-state index in [0.29, 0.717) is 5.41 Å². The zero-order valence-corrected chi connectivity index (χ0v) is 16.5. The Morgan fingerprint density at radius 2 is 2.04 bits per heavy atom. The monoisotopic (exact) mass is 405 g/mol. The lowest BCUT2D eigenvalue weighted by Crippen LogP contribution is -2.43. The Morgan fingerprint density at radius 3 is 2.67 bits per heavy atom. The lowest BCUT2D eigenvalue weighted by atomic mass is 9.78. The summed E-state index contributed by atoms with van der Waals surface area (Å²) in [4.78, 5) is 19.9. The van der Waals surface area contributed by atoms with Gasteiger partial charge in [-0.15, -0.1) is 36.2 Å². The van der Waals surface area contributed by atoms with Gasteiger partial charge < -0.3 is 10.2 Å². The van der Waals surface area contributed by atoms with E-state index in [4.69, 9.17) is 0 Å². The molecule has 2 aliphatic heterocycles. The molecule has 2 aliphatic rings. The largest absolute Gasteiger partial charge is 0.338 e. The molecule has 0 bridgehead atoms. The first-order valence-electron chi connectivity index (χ1n) is 7.74. The summed E-state index contributed by atoms with van der Waals surface area (Å²) in [5.41, 5.74) is 1.57. The van der Waals surface area contributed by atoms with Crippen molar-refractivity contribution in [3.05, 3.63) is 27.9 Å². The van der Waals surface area contributed by atoms with Gasteiger partial charge in [0.2, 0.25) is 0 Å². The van der Waals surface area contributed by atoms with Crippen LogP contribution in [0.15, 0.2) is 23.0 Å². The van der Waals surface area contributed by atoms with Crippen LogP contribution < -0.4 is 5.32 Å². The molecule has 132 valence electrons. The minimum Gasteiger partial charge on any atom is -0.338 e. The number of likely N-dealkylation sites (tertiary alicyclic amines) is 1. The molecule has 2 aromatic rings. The molecule has 0 saturated carbocycles. The van der Waals surface area contributed by atoms with Crippen LogP contribution >= 0.6 is 47.5 Å². The molecule has 4 nitrogen and oxygen atoms in total. The van der Waals surface area contributed by atoms with Gasteiger partial charge in [0.05, 0.1) is 6.20 Å². The Morgan fingerprint density at radius 1 is 1.25 bits per heavy atom. The van der Waals surface area contributed by atoms with Crippen molar-refractivity contribution in [2.24, 2.45) is 5.41 Å². The molecule has 4 heterocycles. The zero-order chi connectivity index (χ0) is 15.0. The molecule has 2 saturated heterocycles. The van der Waals surface area contributed by atoms with E-state index in [1.807, 2.05) is 10.3 Å². The average molecular weight is 406 g/mol. The Bertz CT molecular complexity index is 659. The quantitative estimate of drug-likeness (QED) is 0.822. The van der Waals surface area contributed by atoms with Crippen molar-refractivity contribution in [1.82, 2.24) is 15.2 Å². The van der Waals surface area contributed by atoms with Gasteiger partial charge in [-0.05, 0) is 42.7 Å². The summed E-state index contributed by atoms with van der Waals surface area (Å²) in [5, 5.41) is 8.52. The van der Waals surface area contributed by atoms with Gasteiger partial charge >= 0.3 is 0 Å². The van der Waals surface area contributed by atoms with Crippen molar-refractivity contribution < 1.29 is 4.79 Å². The molecule has 0 radical (unpaired) electrons. The van der Waals surface area contributed by atoms with Gasteiger partial charge in [0.15, 0.2) is 0 Å². The summed E-state index contributed by atoms with van der Waals surface area (Å²) in [6, 6.07) is 2.05. The van der Waals surface area contributed by atoms with E-state index >= 15 is 0 Å². The Hall–Kier alpha value is -0.660. The maximum atomic E-state index is 12.7. The van der Waals surface area contributed by atoms with Crippen LogP contribution in [0.25, 0.3) is 10.6 Å². The third-order valence-corrected chi connectivity index (χ3v) is 6.65. The Kier molecular flexibility index (Phi) is 6.67. The predicted molar refractivity (Wildman–Crippen MR) is 105 cm³/mol.